The number of nitrogens with zero attached hydrogens (tertiary/aromatic N) is 1. The minimum Gasteiger partial charge on any atom is -0.351 e. The van der Waals surface area contributed by atoms with Gasteiger partial charge in [0, 0.05) is 24.2 Å². The molecule has 1 heterocycles. The van der Waals surface area contributed by atoms with Gasteiger partial charge in [0.15, 0.2) is 0 Å². The number of amides is 1. The van der Waals surface area contributed by atoms with Crippen molar-refractivity contribution >= 4 is 23.4 Å². The van der Waals surface area contributed by atoms with Crippen molar-refractivity contribution < 1.29 is 18.0 Å². The highest BCUT2D eigenvalue weighted by Gasteiger charge is 2.27. The molecule has 0 saturated carbocycles. The van der Waals surface area contributed by atoms with Crippen LogP contribution < -0.4 is 16.6 Å². The summed E-state index contributed by atoms with van der Waals surface area (Å²) in [6, 6.07) is 1.57. The van der Waals surface area contributed by atoms with Gasteiger partial charge in [-0.15, -0.1) is 0 Å². The van der Waals surface area contributed by atoms with Crippen molar-refractivity contribution in [3.05, 3.63) is 23.5 Å². The molecule has 9 heteroatoms. The molecule has 4 N–H and O–H groups in total. The van der Waals surface area contributed by atoms with Crippen LogP contribution in [-0.2, 0) is 0 Å². The summed E-state index contributed by atoms with van der Waals surface area (Å²) in [6.45, 7) is 1.63. The van der Waals surface area contributed by atoms with E-state index in [-0.39, 0.29) is 29.6 Å². The number of aromatic nitrogens is 1. The molecule has 106 valence electrons. The maximum atomic E-state index is 11.9. The molecule has 0 atom stereocenters. The molecule has 1 amide bonds. The fourth-order valence-corrected chi connectivity index (χ4v) is 1.72. The van der Waals surface area contributed by atoms with Crippen LogP contribution in [0, 0.1) is 6.92 Å². The van der Waals surface area contributed by atoms with Crippen molar-refractivity contribution in [2.75, 3.05) is 17.7 Å². The Morgan fingerprint density at radius 3 is 2.79 bits per heavy atom. The molecule has 19 heavy (non-hydrogen) atoms. The summed E-state index contributed by atoms with van der Waals surface area (Å²) in [4.78, 5) is 15.7. The number of aryl methyl sites for hydroxylation is 1. The number of carbonyl (C=O) groups is 1. The number of hydrogen-bond acceptors (Lipinski definition) is 5. The van der Waals surface area contributed by atoms with Crippen LogP contribution in [0.3, 0.4) is 0 Å². The Bertz CT molecular complexity index is 453. The molecule has 1 aromatic rings. The van der Waals surface area contributed by atoms with E-state index in [1.165, 1.54) is 6.20 Å². The highest BCUT2D eigenvalue weighted by Crippen LogP contribution is 2.29. The zero-order chi connectivity index (χ0) is 14.5. The Labute approximate surface area is 112 Å². The number of thioether (sulfide) groups is 1. The van der Waals surface area contributed by atoms with Gasteiger partial charge in [-0.25, -0.2) is 0 Å². The molecule has 0 aliphatic heterocycles. The average Bonchev–Trinajstić information content (AvgIpc) is 2.33. The summed E-state index contributed by atoms with van der Waals surface area (Å²) in [6.07, 6.45) is 1.32. The number of nitrogens with one attached hydrogen (secondary N) is 2. The van der Waals surface area contributed by atoms with E-state index in [9.17, 15) is 18.0 Å². The van der Waals surface area contributed by atoms with Crippen LogP contribution in [0.1, 0.15) is 16.1 Å². The van der Waals surface area contributed by atoms with Gasteiger partial charge in [0.2, 0.25) is 0 Å². The summed E-state index contributed by atoms with van der Waals surface area (Å²) in [5.41, 5.74) is -0.727. The topological polar surface area (TPSA) is 80.0 Å². The minimum atomic E-state index is -4.29. The van der Waals surface area contributed by atoms with Gasteiger partial charge in [0.1, 0.15) is 0 Å². The van der Waals surface area contributed by atoms with Crippen molar-refractivity contribution in [1.29, 1.82) is 0 Å². The predicted octanol–water partition coefficient (Wildman–Crippen LogP) is 1.66. The molecule has 1 aromatic heterocycles. The molecule has 1 rings (SSSR count). The fraction of sp³-hybridized carbons (Fsp3) is 0.400. The molecule has 5 nitrogen and oxygen atoms in total. The van der Waals surface area contributed by atoms with Crippen molar-refractivity contribution in [2.24, 2.45) is 5.84 Å². The molecule has 0 fully saturated rings. The second-order valence-electron chi connectivity index (χ2n) is 3.57. The third-order valence-corrected chi connectivity index (χ3v) is 2.83. The number of nitrogens with two attached hydrogens (primary N) is 1. The van der Waals surface area contributed by atoms with Gasteiger partial charge in [0.05, 0.1) is 11.3 Å². The Morgan fingerprint density at radius 1 is 1.53 bits per heavy atom. The predicted molar refractivity (Wildman–Crippen MR) is 67.6 cm³/mol. The zero-order valence-corrected chi connectivity index (χ0v) is 10.9. The summed E-state index contributed by atoms with van der Waals surface area (Å²) in [7, 11) is 0. The lowest BCUT2D eigenvalue weighted by molar-refractivity contribution is -0.0327. The highest BCUT2D eigenvalue weighted by atomic mass is 32.2. The largest absolute Gasteiger partial charge is 0.441 e. The first-order valence-corrected chi connectivity index (χ1v) is 6.24. The molecule has 0 aromatic carbocycles. The minimum absolute atomic E-state index is 0.0963. The zero-order valence-electron chi connectivity index (χ0n) is 10.0. The maximum absolute atomic E-state index is 11.9. The Hall–Kier alpha value is -1.48. The van der Waals surface area contributed by atoms with Crippen LogP contribution in [-0.4, -0.2) is 28.7 Å². The van der Waals surface area contributed by atoms with Gasteiger partial charge in [0.25, 0.3) is 5.91 Å². The molecular formula is C10H13F3N4OS. The van der Waals surface area contributed by atoms with Gasteiger partial charge in [-0.2, -0.15) is 13.2 Å². The van der Waals surface area contributed by atoms with Crippen molar-refractivity contribution in [1.82, 2.24) is 10.3 Å². The average molecular weight is 294 g/mol. The van der Waals surface area contributed by atoms with E-state index in [0.717, 1.165) is 0 Å². The van der Waals surface area contributed by atoms with Crippen LogP contribution in [0.2, 0.25) is 0 Å². The first kappa shape index (κ1) is 15.6. The number of carbonyl (C=O) groups excluding carboxylic acids is 1. The normalized spacial score (nSPS) is 11.2. The molecular weight excluding hydrogens is 281 g/mol. The van der Waals surface area contributed by atoms with E-state index < -0.39 is 11.4 Å². The lowest BCUT2D eigenvalue weighted by Gasteiger charge is -2.10. The highest BCUT2D eigenvalue weighted by molar-refractivity contribution is 8.00. The van der Waals surface area contributed by atoms with Gasteiger partial charge in [-0.05, 0) is 24.8 Å². The molecule has 0 aliphatic carbocycles. The first-order valence-electron chi connectivity index (χ1n) is 5.25. The Balaban J connectivity index is 2.54. The van der Waals surface area contributed by atoms with E-state index in [4.69, 9.17) is 5.84 Å². The molecule has 0 radical (unpaired) electrons. The van der Waals surface area contributed by atoms with Gasteiger partial charge >= 0.3 is 5.51 Å². The smallest absolute Gasteiger partial charge is 0.351 e. The summed E-state index contributed by atoms with van der Waals surface area (Å²) < 4.78 is 35.6. The summed E-state index contributed by atoms with van der Waals surface area (Å²) >= 11 is -0.188. The lowest BCUT2D eigenvalue weighted by atomic mass is 10.2. The standard InChI is InChI=1S/C10H13F3N4OS/c1-6-4-8(17-14)7(5-16-6)9(18)15-2-3-19-10(11,12)13/h4-5H,2-3,14H2,1H3,(H,15,18)(H,16,17). The molecule has 0 saturated heterocycles. The number of halogens is 3. The van der Waals surface area contributed by atoms with E-state index in [0.29, 0.717) is 11.4 Å². The van der Waals surface area contributed by atoms with Gasteiger partial charge in [-0.1, -0.05) is 0 Å². The van der Waals surface area contributed by atoms with Crippen molar-refractivity contribution in [2.45, 2.75) is 12.4 Å². The third kappa shape index (κ3) is 5.35. The number of anilines is 1. The number of rotatable bonds is 5. The lowest BCUT2D eigenvalue weighted by Crippen LogP contribution is -2.28. The van der Waals surface area contributed by atoms with Gasteiger partial charge < -0.3 is 10.7 Å². The summed E-state index contributed by atoms with van der Waals surface area (Å²) in [5, 5.41) is 2.37. The van der Waals surface area contributed by atoms with E-state index in [1.807, 2.05) is 0 Å². The van der Waals surface area contributed by atoms with E-state index in [1.54, 1.807) is 13.0 Å². The van der Waals surface area contributed by atoms with Crippen LogP contribution in [0.25, 0.3) is 0 Å². The molecule has 0 unspecified atom stereocenters. The van der Waals surface area contributed by atoms with Crippen molar-refractivity contribution in [3.8, 4) is 0 Å². The monoisotopic (exact) mass is 294 g/mol. The van der Waals surface area contributed by atoms with Crippen LogP contribution in [0.5, 0.6) is 0 Å². The SMILES string of the molecule is Cc1cc(NN)c(C(=O)NCCSC(F)(F)F)cn1. The Kier molecular flexibility index (Phi) is 5.43. The fourth-order valence-electron chi connectivity index (χ4n) is 1.29. The van der Waals surface area contributed by atoms with E-state index >= 15 is 0 Å². The second-order valence-corrected chi connectivity index (χ2v) is 4.73. The molecule has 0 bridgehead atoms. The first-order chi connectivity index (χ1) is 8.83. The van der Waals surface area contributed by atoms with Crippen LogP contribution in [0.4, 0.5) is 18.9 Å². The van der Waals surface area contributed by atoms with Crippen LogP contribution in [0.15, 0.2) is 12.3 Å². The number of hydrogen-bond donors (Lipinski definition) is 3. The van der Waals surface area contributed by atoms with Gasteiger partial charge in [-0.3, -0.25) is 15.6 Å². The maximum Gasteiger partial charge on any atom is 0.441 e. The van der Waals surface area contributed by atoms with Crippen molar-refractivity contribution in [3.63, 3.8) is 0 Å². The van der Waals surface area contributed by atoms with E-state index in [2.05, 4.69) is 15.7 Å². The number of pyridine rings is 1. The quantitative estimate of drug-likeness (QED) is 0.437. The number of alkyl halides is 3. The van der Waals surface area contributed by atoms with Crippen LogP contribution >= 0.6 is 11.8 Å². The second kappa shape index (κ2) is 6.62. The third-order valence-electron chi connectivity index (χ3n) is 2.09. The molecule has 0 spiro atoms. The summed E-state index contributed by atoms with van der Waals surface area (Å²) in [5.74, 6) is 4.48. The Morgan fingerprint density at radius 2 is 2.21 bits per heavy atom. The number of hydrazine groups is 1. The number of nitrogen functional groups attached to an aromatic ring is 1. The molecule has 0 aliphatic rings.